The minimum absolute atomic E-state index is 0.101. The highest BCUT2D eigenvalue weighted by Crippen LogP contribution is 2.32. The summed E-state index contributed by atoms with van der Waals surface area (Å²) in [6.45, 7) is 3.51. The van der Waals surface area contributed by atoms with Crippen molar-refractivity contribution in [3.05, 3.63) is 82.1 Å². The normalized spacial score (nSPS) is 11.6. The lowest BCUT2D eigenvalue weighted by atomic mass is 10.1. The third kappa shape index (κ3) is 4.28. The zero-order valence-corrected chi connectivity index (χ0v) is 16.8. The van der Waals surface area contributed by atoms with E-state index in [9.17, 15) is 18.0 Å². The van der Waals surface area contributed by atoms with Gasteiger partial charge in [0.05, 0.1) is 16.3 Å². The van der Waals surface area contributed by atoms with Gasteiger partial charge in [0.25, 0.3) is 0 Å². The van der Waals surface area contributed by atoms with E-state index in [4.69, 9.17) is 11.6 Å². The molecule has 0 unspecified atom stereocenters. The van der Waals surface area contributed by atoms with Crippen molar-refractivity contribution in [2.75, 3.05) is 5.75 Å². The van der Waals surface area contributed by atoms with Gasteiger partial charge in [0.2, 0.25) is 0 Å². The number of nitrogens with zero attached hydrogens (tertiary/aromatic N) is 1. The Hall–Kier alpha value is -2.18. The molecule has 0 aliphatic rings. The van der Waals surface area contributed by atoms with E-state index in [1.54, 1.807) is 36.6 Å². The molecule has 2 nitrogen and oxygen atoms in total. The van der Waals surface area contributed by atoms with Crippen LogP contribution < -0.4 is 0 Å². The van der Waals surface area contributed by atoms with Crippen molar-refractivity contribution in [2.45, 2.75) is 24.9 Å². The van der Waals surface area contributed by atoms with Gasteiger partial charge in [0.15, 0.2) is 5.78 Å². The fourth-order valence-electron chi connectivity index (χ4n) is 3.05. The summed E-state index contributed by atoms with van der Waals surface area (Å²) in [6.07, 6.45) is -4.42. The Kier molecular flexibility index (Phi) is 5.91. The van der Waals surface area contributed by atoms with Crippen molar-refractivity contribution < 1.29 is 18.0 Å². The molecule has 1 heterocycles. The van der Waals surface area contributed by atoms with Crippen LogP contribution in [0.4, 0.5) is 13.2 Å². The zero-order chi connectivity index (χ0) is 20.5. The molecule has 3 aromatic rings. The number of hydrogen-bond acceptors (Lipinski definition) is 2. The van der Waals surface area contributed by atoms with E-state index in [-0.39, 0.29) is 11.5 Å². The van der Waals surface area contributed by atoms with Gasteiger partial charge in [-0.05, 0) is 50.2 Å². The third-order valence-corrected chi connectivity index (χ3v) is 5.87. The first-order valence-corrected chi connectivity index (χ1v) is 9.82. The summed E-state index contributed by atoms with van der Waals surface area (Å²) in [4.78, 5) is 13.5. The van der Waals surface area contributed by atoms with Gasteiger partial charge in [0, 0.05) is 27.5 Å². The van der Waals surface area contributed by atoms with E-state index in [1.807, 2.05) is 18.2 Å². The lowest BCUT2D eigenvalue weighted by molar-refractivity contribution is -0.137. The Balaban J connectivity index is 1.88. The molecule has 0 saturated carbocycles. The van der Waals surface area contributed by atoms with E-state index in [0.29, 0.717) is 27.7 Å². The SMILES string of the molecule is Cc1cc(C(=O)CSc2ccccc2Cl)c(C)n1-c1cccc(C(F)(F)F)c1. The van der Waals surface area contributed by atoms with Crippen LogP contribution in [0.1, 0.15) is 27.3 Å². The van der Waals surface area contributed by atoms with Crippen LogP contribution in [0, 0.1) is 13.8 Å². The van der Waals surface area contributed by atoms with Crippen molar-refractivity contribution >= 4 is 29.1 Å². The number of alkyl halides is 3. The number of aromatic nitrogens is 1. The molecule has 0 aliphatic heterocycles. The van der Waals surface area contributed by atoms with Gasteiger partial charge in [-0.15, -0.1) is 11.8 Å². The minimum atomic E-state index is -4.42. The lowest BCUT2D eigenvalue weighted by Crippen LogP contribution is -2.08. The van der Waals surface area contributed by atoms with E-state index in [0.717, 1.165) is 17.0 Å². The van der Waals surface area contributed by atoms with E-state index in [1.165, 1.54) is 17.8 Å². The number of carbonyl (C=O) groups excluding carboxylic acids is 1. The maximum atomic E-state index is 13.0. The van der Waals surface area contributed by atoms with E-state index < -0.39 is 11.7 Å². The average molecular weight is 424 g/mol. The maximum absolute atomic E-state index is 13.0. The van der Waals surface area contributed by atoms with Gasteiger partial charge in [-0.2, -0.15) is 13.2 Å². The van der Waals surface area contributed by atoms with Gasteiger partial charge < -0.3 is 4.57 Å². The van der Waals surface area contributed by atoms with Gasteiger partial charge >= 0.3 is 6.18 Å². The van der Waals surface area contributed by atoms with E-state index in [2.05, 4.69) is 0 Å². The Bertz CT molecular complexity index is 1030. The summed E-state index contributed by atoms with van der Waals surface area (Å²) in [5.41, 5.74) is 1.46. The van der Waals surface area contributed by atoms with Gasteiger partial charge in [-0.25, -0.2) is 0 Å². The van der Waals surface area contributed by atoms with Gasteiger partial charge in [0.1, 0.15) is 0 Å². The number of hydrogen-bond donors (Lipinski definition) is 0. The molecular weight excluding hydrogens is 407 g/mol. The molecule has 1 aromatic heterocycles. The Morgan fingerprint density at radius 1 is 1.07 bits per heavy atom. The number of rotatable bonds is 5. The van der Waals surface area contributed by atoms with Crippen LogP contribution in [0.3, 0.4) is 0 Å². The van der Waals surface area contributed by atoms with Crippen molar-refractivity contribution in [3.8, 4) is 5.69 Å². The molecule has 0 atom stereocenters. The number of carbonyl (C=O) groups is 1. The zero-order valence-electron chi connectivity index (χ0n) is 15.2. The fourth-order valence-corrected chi connectivity index (χ4v) is 4.17. The summed E-state index contributed by atoms with van der Waals surface area (Å²) in [5.74, 6) is 0.0904. The molecule has 0 fully saturated rings. The van der Waals surface area contributed by atoms with Crippen molar-refractivity contribution in [1.29, 1.82) is 0 Å². The number of ketones is 1. The monoisotopic (exact) mass is 423 g/mol. The molecule has 0 aliphatic carbocycles. The number of Topliss-reactive ketones (excluding diaryl/α,β-unsaturated/α-hetero) is 1. The molecule has 146 valence electrons. The molecular formula is C21H17ClF3NOS. The quantitative estimate of drug-likeness (QED) is 0.335. The summed E-state index contributed by atoms with van der Waals surface area (Å²) in [5, 5.41) is 0.578. The van der Waals surface area contributed by atoms with Crippen LogP contribution >= 0.6 is 23.4 Å². The Morgan fingerprint density at radius 2 is 1.79 bits per heavy atom. The third-order valence-electron chi connectivity index (χ3n) is 4.36. The summed E-state index contributed by atoms with van der Waals surface area (Å²) >= 11 is 7.45. The van der Waals surface area contributed by atoms with Crippen molar-refractivity contribution in [3.63, 3.8) is 0 Å². The average Bonchev–Trinajstić information content (AvgIpc) is 2.94. The largest absolute Gasteiger partial charge is 0.416 e. The van der Waals surface area contributed by atoms with Gasteiger partial charge in [-0.1, -0.05) is 29.8 Å². The van der Waals surface area contributed by atoms with Crippen molar-refractivity contribution in [1.82, 2.24) is 4.57 Å². The topological polar surface area (TPSA) is 22.0 Å². The molecule has 2 aromatic carbocycles. The molecule has 0 radical (unpaired) electrons. The first-order valence-electron chi connectivity index (χ1n) is 8.45. The van der Waals surface area contributed by atoms with Gasteiger partial charge in [-0.3, -0.25) is 4.79 Å². The second-order valence-electron chi connectivity index (χ2n) is 6.31. The lowest BCUT2D eigenvalue weighted by Gasteiger charge is -2.13. The molecule has 0 spiro atoms. The second-order valence-corrected chi connectivity index (χ2v) is 7.73. The highest BCUT2D eigenvalue weighted by molar-refractivity contribution is 8.00. The van der Waals surface area contributed by atoms with Crippen LogP contribution in [0.5, 0.6) is 0 Å². The highest BCUT2D eigenvalue weighted by atomic mass is 35.5. The molecule has 0 amide bonds. The first-order chi connectivity index (χ1) is 13.2. The Labute approximate surface area is 170 Å². The molecule has 0 saturated heterocycles. The minimum Gasteiger partial charge on any atom is -0.318 e. The first kappa shape index (κ1) is 20.6. The van der Waals surface area contributed by atoms with Crippen LogP contribution in [0.2, 0.25) is 5.02 Å². The van der Waals surface area contributed by atoms with Crippen LogP contribution in [0.25, 0.3) is 5.69 Å². The van der Waals surface area contributed by atoms with Crippen LogP contribution in [0.15, 0.2) is 59.5 Å². The number of aryl methyl sites for hydroxylation is 1. The smallest absolute Gasteiger partial charge is 0.318 e. The standard InChI is InChI=1S/C21H17ClF3NOS/c1-13-10-17(19(27)12-28-20-9-4-3-8-18(20)22)14(2)26(13)16-7-5-6-15(11-16)21(23,24)25/h3-11H,12H2,1-2H3. The molecule has 0 bridgehead atoms. The van der Waals surface area contributed by atoms with Crippen molar-refractivity contribution in [2.24, 2.45) is 0 Å². The van der Waals surface area contributed by atoms with E-state index >= 15 is 0 Å². The van der Waals surface area contributed by atoms with Crippen LogP contribution in [-0.4, -0.2) is 16.1 Å². The predicted molar refractivity (Wildman–Crippen MR) is 107 cm³/mol. The Morgan fingerprint density at radius 3 is 2.46 bits per heavy atom. The van der Waals surface area contributed by atoms with Crippen LogP contribution in [-0.2, 0) is 6.18 Å². The second kappa shape index (κ2) is 8.05. The summed E-state index contributed by atoms with van der Waals surface area (Å²) < 4.78 is 40.8. The molecule has 3 rings (SSSR count). The fraction of sp³-hybridized carbons (Fsp3) is 0.190. The number of benzene rings is 2. The summed E-state index contributed by atoms with van der Waals surface area (Å²) in [6, 6.07) is 14.1. The highest BCUT2D eigenvalue weighted by Gasteiger charge is 2.30. The molecule has 0 N–H and O–H groups in total. The molecule has 28 heavy (non-hydrogen) atoms. The predicted octanol–water partition coefficient (Wildman–Crippen LogP) is 6.74. The maximum Gasteiger partial charge on any atom is 0.416 e. The number of halogens is 4. The number of thioether (sulfide) groups is 1. The summed E-state index contributed by atoms with van der Waals surface area (Å²) in [7, 11) is 0. The molecule has 7 heteroatoms.